The Balaban J connectivity index is 2.00. The van der Waals surface area contributed by atoms with E-state index in [4.69, 9.17) is 0 Å². The fraction of sp³-hybridized carbons (Fsp3) is 0.412. The first-order chi connectivity index (χ1) is 10.4. The standard InChI is InChI=1S/C17H24N4O/c1-6-21-14(5)16(13(4)20-21)10-18-17(22)19-15-8-11(2)7-12(3)9-15/h7-9H,6,10H2,1-5H3,(H2,18,19,22). The Morgan fingerprint density at radius 3 is 2.32 bits per heavy atom. The Morgan fingerprint density at radius 2 is 1.77 bits per heavy atom. The van der Waals surface area contributed by atoms with Gasteiger partial charge in [-0.05, 0) is 57.9 Å². The highest BCUT2D eigenvalue weighted by Gasteiger charge is 2.11. The number of urea groups is 1. The molecule has 0 aliphatic rings. The van der Waals surface area contributed by atoms with Gasteiger partial charge in [0.1, 0.15) is 0 Å². The topological polar surface area (TPSA) is 59.0 Å². The second-order valence-corrected chi connectivity index (χ2v) is 5.65. The molecule has 5 nitrogen and oxygen atoms in total. The van der Waals surface area contributed by atoms with Crippen LogP contribution in [0, 0.1) is 27.7 Å². The minimum atomic E-state index is -0.201. The molecule has 2 N–H and O–H groups in total. The van der Waals surface area contributed by atoms with Gasteiger partial charge < -0.3 is 10.6 Å². The number of aryl methyl sites for hydroxylation is 4. The van der Waals surface area contributed by atoms with Crippen LogP contribution in [-0.4, -0.2) is 15.8 Å². The summed E-state index contributed by atoms with van der Waals surface area (Å²) in [5.41, 5.74) is 6.22. The van der Waals surface area contributed by atoms with Crippen LogP contribution in [0.4, 0.5) is 10.5 Å². The average molecular weight is 300 g/mol. The second kappa shape index (κ2) is 6.64. The van der Waals surface area contributed by atoms with Crippen LogP contribution in [0.2, 0.25) is 0 Å². The summed E-state index contributed by atoms with van der Waals surface area (Å²) in [4.78, 5) is 12.1. The monoisotopic (exact) mass is 300 g/mol. The third kappa shape index (κ3) is 3.67. The van der Waals surface area contributed by atoms with Crippen molar-refractivity contribution in [3.63, 3.8) is 0 Å². The molecule has 0 fully saturated rings. The van der Waals surface area contributed by atoms with Crippen LogP contribution in [0.5, 0.6) is 0 Å². The van der Waals surface area contributed by atoms with Gasteiger partial charge in [0.15, 0.2) is 0 Å². The molecule has 0 radical (unpaired) electrons. The first-order valence-corrected chi connectivity index (χ1v) is 7.56. The Bertz CT molecular complexity index is 668. The van der Waals surface area contributed by atoms with Crippen molar-refractivity contribution in [2.75, 3.05) is 5.32 Å². The van der Waals surface area contributed by atoms with Crippen LogP contribution in [0.25, 0.3) is 0 Å². The van der Waals surface area contributed by atoms with E-state index in [1.165, 1.54) is 0 Å². The number of amides is 2. The van der Waals surface area contributed by atoms with Crippen LogP contribution in [0.15, 0.2) is 18.2 Å². The first-order valence-electron chi connectivity index (χ1n) is 7.56. The molecule has 2 aromatic rings. The zero-order valence-corrected chi connectivity index (χ0v) is 13.9. The fourth-order valence-corrected chi connectivity index (χ4v) is 2.69. The number of carbonyl (C=O) groups excluding carboxylic acids is 1. The van der Waals surface area contributed by atoms with Gasteiger partial charge in [0.05, 0.1) is 5.69 Å². The van der Waals surface area contributed by atoms with E-state index in [2.05, 4.69) is 28.7 Å². The second-order valence-electron chi connectivity index (χ2n) is 5.65. The van der Waals surface area contributed by atoms with E-state index >= 15 is 0 Å². The summed E-state index contributed by atoms with van der Waals surface area (Å²) in [6.07, 6.45) is 0. The first kappa shape index (κ1) is 16.1. The minimum absolute atomic E-state index is 0.201. The van der Waals surface area contributed by atoms with Gasteiger partial charge in [0.2, 0.25) is 0 Å². The van der Waals surface area contributed by atoms with Gasteiger partial charge in [-0.2, -0.15) is 5.10 Å². The Kier molecular flexibility index (Phi) is 4.85. The van der Waals surface area contributed by atoms with E-state index in [-0.39, 0.29) is 6.03 Å². The average Bonchev–Trinajstić information content (AvgIpc) is 2.70. The molecule has 0 saturated carbocycles. The predicted octanol–water partition coefficient (Wildman–Crippen LogP) is 3.46. The van der Waals surface area contributed by atoms with E-state index in [0.717, 1.165) is 40.3 Å². The van der Waals surface area contributed by atoms with Crippen molar-refractivity contribution < 1.29 is 4.79 Å². The molecule has 2 amide bonds. The van der Waals surface area contributed by atoms with Crippen molar-refractivity contribution in [3.05, 3.63) is 46.3 Å². The number of benzene rings is 1. The zero-order chi connectivity index (χ0) is 16.3. The lowest BCUT2D eigenvalue weighted by Crippen LogP contribution is -2.28. The summed E-state index contributed by atoms with van der Waals surface area (Å²) in [6.45, 7) is 11.4. The molecular formula is C17H24N4O. The van der Waals surface area contributed by atoms with Crippen molar-refractivity contribution >= 4 is 11.7 Å². The largest absolute Gasteiger partial charge is 0.334 e. The molecule has 22 heavy (non-hydrogen) atoms. The van der Waals surface area contributed by atoms with Crippen LogP contribution in [0.1, 0.15) is 35.0 Å². The molecule has 0 atom stereocenters. The maximum Gasteiger partial charge on any atom is 0.319 e. The molecular weight excluding hydrogens is 276 g/mol. The highest BCUT2D eigenvalue weighted by Crippen LogP contribution is 2.15. The number of hydrogen-bond acceptors (Lipinski definition) is 2. The molecule has 0 bridgehead atoms. The van der Waals surface area contributed by atoms with E-state index < -0.39 is 0 Å². The lowest BCUT2D eigenvalue weighted by molar-refractivity contribution is 0.251. The predicted molar refractivity (Wildman–Crippen MR) is 89.1 cm³/mol. The van der Waals surface area contributed by atoms with Crippen molar-refractivity contribution in [3.8, 4) is 0 Å². The number of anilines is 1. The third-order valence-electron chi connectivity index (χ3n) is 3.74. The summed E-state index contributed by atoms with van der Waals surface area (Å²) < 4.78 is 1.95. The smallest absolute Gasteiger partial charge is 0.319 e. The Labute approximate surface area is 131 Å². The van der Waals surface area contributed by atoms with Crippen LogP contribution < -0.4 is 10.6 Å². The molecule has 0 aliphatic carbocycles. The normalized spacial score (nSPS) is 10.6. The third-order valence-corrected chi connectivity index (χ3v) is 3.74. The number of rotatable bonds is 4. The molecule has 1 aromatic heterocycles. The Hall–Kier alpha value is -2.30. The van der Waals surface area contributed by atoms with Gasteiger partial charge >= 0.3 is 6.03 Å². The highest BCUT2D eigenvalue weighted by molar-refractivity contribution is 5.89. The number of carbonyl (C=O) groups is 1. The molecule has 5 heteroatoms. The number of hydrogen-bond donors (Lipinski definition) is 2. The van der Waals surface area contributed by atoms with Gasteiger partial charge in [-0.1, -0.05) is 6.07 Å². The summed E-state index contributed by atoms with van der Waals surface area (Å²) in [5.74, 6) is 0. The number of aromatic nitrogens is 2. The van der Waals surface area contributed by atoms with E-state index in [1.807, 2.05) is 44.5 Å². The van der Waals surface area contributed by atoms with Gasteiger partial charge in [-0.3, -0.25) is 4.68 Å². The molecule has 1 aromatic carbocycles. The highest BCUT2D eigenvalue weighted by atomic mass is 16.2. The molecule has 0 aliphatic heterocycles. The van der Waals surface area contributed by atoms with E-state index in [0.29, 0.717) is 6.54 Å². The quantitative estimate of drug-likeness (QED) is 0.908. The van der Waals surface area contributed by atoms with Crippen molar-refractivity contribution in [1.82, 2.24) is 15.1 Å². The fourth-order valence-electron chi connectivity index (χ4n) is 2.69. The lowest BCUT2D eigenvalue weighted by Gasteiger charge is -2.09. The number of nitrogens with one attached hydrogen (secondary N) is 2. The maximum atomic E-state index is 12.1. The van der Waals surface area contributed by atoms with Crippen LogP contribution in [0.3, 0.4) is 0 Å². The van der Waals surface area contributed by atoms with E-state index in [9.17, 15) is 4.79 Å². The van der Waals surface area contributed by atoms with E-state index in [1.54, 1.807) is 0 Å². The maximum absolute atomic E-state index is 12.1. The van der Waals surface area contributed by atoms with Gasteiger partial charge in [0, 0.05) is 30.0 Å². The Morgan fingerprint density at radius 1 is 1.14 bits per heavy atom. The van der Waals surface area contributed by atoms with Gasteiger partial charge in [0.25, 0.3) is 0 Å². The summed E-state index contributed by atoms with van der Waals surface area (Å²) in [7, 11) is 0. The SMILES string of the molecule is CCn1nc(C)c(CNC(=O)Nc2cc(C)cc(C)c2)c1C. The van der Waals surface area contributed by atoms with Crippen LogP contribution in [-0.2, 0) is 13.1 Å². The minimum Gasteiger partial charge on any atom is -0.334 e. The summed E-state index contributed by atoms with van der Waals surface area (Å²) in [6, 6.07) is 5.79. The van der Waals surface area contributed by atoms with Gasteiger partial charge in [-0.25, -0.2) is 4.79 Å². The molecule has 1 heterocycles. The summed E-state index contributed by atoms with van der Waals surface area (Å²) >= 11 is 0. The van der Waals surface area contributed by atoms with Crippen molar-refractivity contribution in [2.45, 2.75) is 47.7 Å². The van der Waals surface area contributed by atoms with Crippen molar-refractivity contribution in [2.24, 2.45) is 0 Å². The molecule has 118 valence electrons. The number of nitrogens with zero attached hydrogens (tertiary/aromatic N) is 2. The van der Waals surface area contributed by atoms with Gasteiger partial charge in [-0.15, -0.1) is 0 Å². The summed E-state index contributed by atoms with van der Waals surface area (Å²) in [5, 5.41) is 10.2. The zero-order valence-electron chi connectivity index (χ0n) is 13.9. The molecule has 0 saturated heterocycles. The molecule has 2 rings (SSSR count). The molecule has 0 spiro atoms. The van der Waals surface area contributed by atoms with Crippen LogP contribution >= 0.6 is 0 Å². The molecule has 0 unspecified atom stereocenters. The lowest BCUT2D eigenvalue weighted by atomic mass is 10.1. The van der Waals surface area contributed by atoms with Crippen molar-refractivity contribution in [1.29, 1.82) is 0 Å².